The number of hydrogen-bond donors (Lipinski definition) is 2. The summed E-state index contributed by atoms with van der Waals surface area (Å²) in [7, 11) is 0. The average molecular weight is 341 g/mol. The van der Waals surface area contributed by atoms with Gasteiger partial charge in [-0.25, -0.2) is 14.8 Å². The van der Waals surface area contributed by atoms with Crippen LogP contribution in [0.4, 0.5) is 16.2 Å². The highest BCUT2D eigenvalue weighted by atomic mass is 35.5. The van der Waals surface area contributed by atoms with Gasteiger partial charge in [0.1, 0.15) is 0 Å². The van der Waals surface area contributed by atoms with Gasteiger partial charge in [-0.3, -0.25) is 0 Å². The zero-order valence-corrected chi connectivity index (χ0v) is 14.4. The third-order valence-corrected chi connectivity index (χ3v) is 4.26. The maximum absolute atomic E-state index is 12.2. The summed E-state index contributed by atoms with van der Waals surface area (Å²) in [5, 5.41) is 6.21. The van der Waals surface area contributed by atoms with E-state index in [1.807, 2.05) is 26.8 Å². The van der Waals surface area contributed by atoms with Crippen molar-refractivity contribution in [1.82, 2.24) is 9.97 Å². The Kier molecular flexibility index (Phi) is 4.36. The van der Waals surface area contributed by atoms with Crippen molar-refractivity contribution in [3.05, 3.63) is 58.4 Å². The van der Waals surface area contributed by atoms with Crippen LogP contribution in [0.5, 0.6) is 0 Å². The lowest BCUT2D eigenvalue weighted by Gasteiger charge is -2.11. The molecule has 0 aliphatic rings. The highest BCUT2D eigenvalue weighted by molar-refractivity contribution is 6.31. The van der Waals surface area contributed by atoms with E-state index >= 15 is 0 Å². The number of aromatic nitrogens is 2. The summed E-state index contributed by atoms with van der Waals surface area (Å²) in [5.41, 5.74) is 5.47. The van der Waals surface area contributed by atoms with Crippen molar-refractivity contribution in [3.63, 3.8) is 0 Å². The number of rotatable bonds is 2. The maximum Gasteiger partial charge on any atom is 0.323 e. The van der Waals surface area contributed by atoms with Gasteiger partial charge in [0.25, 0.3) is 0 Å². The Bertz CT molecular complexity index is 940. The molecule has 0 radical (unpaired) electrons. The number of urea groups is 1. The van der Waals surface area contributed by atoms with Gasteiger partial charge in [0, 0.05) is 16.4 Å². The van der Waals surface area contributed by atoms with Gasteiger partial charge in [-0.15, -0.1) is 0 Å². The molecule has 24 heavy (non-hydrogen) atoms. The van der Waals surface area contributed by atoms with Crippen LogP contribution in [0, 0.1) is 20.8 Å². The molecule has 0 spiro atoms. The summed E-state index contributed by atoms with van der Waals surface area (Å²) in [4.78, 5) is 21.2. The normalized spacial score (nSPS) is 10.7. The van der Waals surface area contributed by atoms with E-state index in [9.17, 15) is 4.79 Å². The molecule has 2 aromatic carbocycles. The van der Waals surface area contributed by atoms with Crippen LogP contribution in [0.3, 0.4) is 0 Å². The van der Waals surface area contributed by atoms with Gasteiger partial charge in [-0.1, -0.05) is 17.7 Å². The van der Waals surface area contributed by atoms with Crippen LogP contribution < -0.4 is 10.6 Å². The van der Waals surface area contributed by atoms with E-state index in [4.69, 9.17) is 11.6 Å². The van der Waals surface area contributed by atoms with Crippen LogP contribution >= 0.6 is 11.6 Å². The molecule has 0 atom stereocenters. The number of halogens is 1. The number of aryl methyl sites for hydroxylation is 2. The summed E-state index contributed by atoms with van der Waals surface area (Å²) >= 11 is 6.06. The highest BCUT2D eigenvalue weighted by Crippen LogP contribution is 2.23. The van der Waals surface area contributed by atoms with Crippen molar-refractivity contribution in [2.75, 3.05) is 10.6 Å². The van der Waals surface area contributed by atoms with Crippen LogP contribution in [0.25, 0.3) is 11.0 Å². The molecule has 2 N–H and O–H groups in total. The minimum atomic E-state index is -0.337. The van der Waals surface area contributed by atoms with E-state index in [0.29, 0.717) is 16.4 Å². The van der Waals surface area contributed by atoms with Crippen molar-refractivity contribution in [2.45, 2.75) is 20.8 Å². The number of amides is 2. The number of fused-ring (bicyclic) bond motifs is 1. The van der Waals surface area contributed by atoms with Gasteiger partial charge in [0.2, 0.25) is 0 Å². The van der Waals surface area contributed by atoms with Crippen LogP contribution in [0.2, 0.25) is 5.02 Å². The Morgan fingerprint density at radius 1 is 0.958 bits per heavy atom. The zero-order valence-electron chi connectivity index (χ0n) is 13.6. The number of hydrogen-bond acceptors (Lipinski definition) is 3. The Labute approximate surface area is 145 Å². The molecule has 5 nitrogen and oxygen atoms in total. The molecular formula is C18H17ClN4O. The minimum Gasteiger partial charge on any atom is -0.308 e. The summed E-state index contributed by atoms with van der Waals surface area (Å²) < 4.78 is 0. The summed E-state index contributed by atoms with van der Waals surface area (Å²) in [6.45, 7) is 5.69. The Balaban J connectivity index is 1.80. The van der Waals surface area contributed by atoms with Crippen molar-refractivity contribution < 1.29 is 4.79 Å². The minimum absolute atomic E-state index is 0.337. The number of benzene rings is 2. The van der Waals surface area contributed by atoms with Crippen molar-refractivity contribution in [1.29, 1.82) is 0 Å². The van der Waals surface area contributed by atoms with Crippen molar-refractivity contribution >= 4 is 40.0 Å². The van der Waals surface area contributed by atoms with Crippen molar-refractivity contribution in [3.8, 4) is 0 Å². The fraction of sp³-hybridized carbons (Fsp3) is 0.167. The Hall–Kier alpha value is -2.66. The monoisotopic (exact) mass is 340 g/mol. The summed E-state index contributed by atoms with van der Waals surface area (Å²) in [6, 6.07) is 10.5. The quantitative estimate of drug-likeness (QED) is 0.700. The van der Waals surface area contributed by atoms with Gasteiger partial charge in [-0.2, -0.15) is 0 Å². The molecule has 1 heterocycles. The van der Waals surface area contributed by atoms with Crippen LogP contribution in [-0.4, -0.2) is 16.0 Å². The van der Waals surface area contributed by atoms with Gasteiger partial charge < -0.3 is 10.6 Å². The first-order valence-electron chi connectivity index (χ1n) is 7.52. The second-order valence-electron chi connectivity index (χ2n) is 5.59. The van der Waals surface area contributed by atoms with E-state index < -0.39 is 0 Å². The summed E-state index contributed by atoms with van der Waals surface area (Å²) in [5.74, 6) is 0. The van der Waals surface area contributed by atoms with Gasteiger partial charge in [-0.05, 0) is 56.7 Å². The van der Waals surface area contributed by atoms with E-state index in [0.717, 1.165) is 28.0 Å². The third kappa shape index (κ3) is 3.31. The lowest BCUT2D eigenvalue weighted by atomic mass is 10.2. The number of carbonyl (C=O) groups is 1. The molecule has 0 aliphatic carbocycles. The molecule has 6 heteroatoms. The van der Waals surface area contributed by atoms with Gasteiger partial charge in [0.15, 0.2) is 0 Å². The summed E-state index contributed by atoms with van der Waals surface area (Å²) in [6.07, 6.45) is 0. The second-order valence-corrected chi connectivity index (χ2v) is 6.00. The third-order valence-electron chi connectivity index (χ3n) is 3.85. The predicted octanol–water partition coefficient (Wildman–Crippen LogP) is 4.85. The molecule has 0 saturated carbocycles. The van der Waals surface area contributed by atoms with Crippen molar-refractivity contribution in [2.24, 2.45) is 0 Å². The first kappa shape index (κ1) is 16.2. The molecule has 0 bridgehead atoms. The lowest BCUT2D eigenvalue weighted by Crippen LogP contribution is -2.20. The molecule has 3 aromatic rings. The number of carbonyl (C=O) groups excluding carboxylic acids is 1. The number of nitrogens with zero attached hydrogens (tertiary/aromatic N) is 2. The first-order chi connectivity index (χ1) is 11.4. The zero-order chi connectivity index (χ0) is 17.3. The van der Waals surface area contributed by atoms with E-state index in [1.165, 1.54) is 0 Å². The van der Waals surface area contributed by atoms with E-state index in [-0.39, 0.29) is 6.03 Å². The number of anilines is 2. The van der Waals surface area contributed by atoms with E-state index in [2.05, 4.69) is 20.6 Å². The predicted molar refractivity (Wildman–Crippen MR) is 97.8 cm³/mol. The lowest BCUT2D eigenvalue weighted by molar-refractivity contribution is 0.262. The van der Waals surface area contributed by atoms with Gasteiger partial charge in [0.05, 0.1) is 22.4 Å². The molecule has 2 amide bonds. The molecule has 0 aliphatic heterocycles. The van der Waals surface area contributed by atoms with Crippen LogP contribution in [0.15, 0.2) is 36.4 Å². The smallest absolute Gasteiger partial charge is 0.308 e. The molecule has 122 valence electrons. The standard InChI is InChI=1S/C18H17ClN4O/c1-10-14(19)5-4-6-15(10)23-18(24)22-13-7-8-16-17(9-13)21-12(3)11(2)20-16/h4-9H,1-3H3,(H2,22,23,24). The second kappa shape index (κ2) is 6.45. The molecule has 1 aromatic heterocycles. The fourth-order valence-electron chi connectivity index (χ4n) is 2.34. The first-order valence-corrected chi connectivity index (χ1v) is 7.90. The highest BCUT2D eigenvalue weighted by Gasteiger charge is 2.08. The molecule has 0 saturated heterocycles. The van der Waals surface area contributed by atoms with Gasteiger partial charge >= 0.3 is 6.03 Å². The van der Waals surface area contributed by atoms with Crippen LogP contribution in [-0.2, 0) is 0 Å². The molecule has 0 fully saturated rings. The number of nitrogens with one attached hydrogen (secondary N) is 2. The fourth-order valence-corrected chi connectivity index (χ4v) is 2.51. The maximum atomic E-state index is 12.2. The molecular weight excluding hydrogens is 324 g/mol. The Morgan fingerprint density at radius 3 is 2.42 bits per heavy atom. The molecule has 3 rings (SSSR count). The topological polar surface area (TPSA) is 66.9 Å². The Morgan fingerprint density at radius 2 is 1.67 bits per heavy atom. The SMILES string of the molecule is Cc1nc2ccc(NC(=O)Nc3cccc(Cl)c3C)cc2nc1C. The largest absolute Gasteiger partial charge is 0.323 e. The molecule has 0 unspecified atom stereocenters. The van der Waals surface area contributed by atoms with E-state index in [1.54, 1.807) is 30.3 Å². The van der Waals surface area contributed by atoms with Crippen LogP contribution in [0.1, 0.15) is 17.0 Å². The average Bonchev–Trinajstić information content (AvgIpc) is 2.53.